The van der Waals surface area contributed by atoms with Crippen molar-refractivity contribution in [2.24, 2.45) is 0 Å². The van der Waals surface area contributed by atoms with Crippen LogP contribution in [0, 0.1) is 17.7 Å². The topological polar surface area (TPSA) is 43.7 Å². The molecule has 17 heavy (non-hydrogen) atoms. The molecule has 1 aromatic carbocycles. The summed E-state index contributed by atoms with van der Waals surface area (Å²) in [5.41, 5.74) is 1.45. The van der Waals surface area contributed by atoms with Gasteiger partial charge in [-0.05, 0) is 24.7 Å². The van der Waals surface area contributed by atoms with Crippen molar-refractivity contribution >= 4 is 0 Å². The number of rotatable bonds is 4. The fourth-order valence-corrected chi connectivity index (χ4v) is 1.48. The van der Waals surface area contributed by atoms with Gasteiger partial charge in [0.05, 0.1) is 6.61 Å². The second-order valence-electron chi connectivity index (χ2n) is 3.72. The highest BCUT2D eigenvalue weighted by Crippen LogP contribution is 2.12. The maximum atomic E-state index is 13.1. The fraction of sp³-hybridized carbons (Fsp3) is 0.385. The molecule has 0 unspecified atom stereocenters. The van der Waals surface area contributed by atoms with E-state index in [1.165, 1.54) is 12.1 Å². The molecule has 0 atom stereocenters. The Kier molecular flexibility index (Phi) is 5.64. The van der Waals surface area contributed by atoms with E-state index in [0.29, 0.717) is 18.7 Å². The number of benzene rings is 1. The molecule has 0 radical (unpaired) electrons. The first-order valence-electron chi connectivity index (χ1n) is 5.35. The van der Waals surface area contributed by atoms with Crippen LogP contribution in [0.15, 0.2) is 18.2 Å². The van der Waals surface area contributed by atoms with Gasteiger partial charge in [0.25, 0.3) is 0 Å². The van der Waals surface area contributed by atoms with Gasteiger partial charge in [-0.3, -0.25) is 4.90 Å². The number of hydrogen-bond acceptors (Lipinski definition) is 3. The molecular weight excluding hydrogens is 221 g/mol. The highest BCUT2D eigenvalue weighted by Gasteiger charge is 2.05. The van der Waals surface area contributed by atoms with Gasteiger partial charge in [0, 0.05) is 18.7 Å². The van der Waals surface area contributed by atoms with E-state index in [-0.39, 0.29) is 19.0 Å². The van der Waals surface area contributed by atoms with Gasteiger partial charge in [-0.15, -0.1) is 0 Å². The molecular formula is C13H16FNO2. The SMILES string of the molecule is CN(CCO)Cc1ccc(F)cc1C#CCO. The quantitative estimate of drug-likeness (QED) is 0.753. The zero-order valence-corrected chi connectivity index (χ0v) is 9.78. The van der Waals surface area contributed by atoms with Gasteiger partial charge >= 0.3 is 0 Å². The molecule has 1 aromatic rings. The fourth-order valence-electron chi connectivity index (χ4n) is 1.48. The number of halogens is 1. The number of hydrogen-bond donors (Lipinski definition) is 2. The van der Waals surface area contributed by atoms with E-state index in [1.807, 2.05) is 11.9 Å². The van der Waals surface area contributed by atoms with Crippen LogP contribution in [0.2, 0.25) is 0 Å². The van der Waals surface area contributed by atoms with E-state index in [9.17, 15) is 4.39 Å². The predicted molar refractivity (Wildman–Crippen MR) is 63.8 cm³/mol. The Morgan fingerprint density at radius 1 is 1.35 bits per heavy atom. The third-order valence-electron chi connectivity index (χ3n) is 2.30. The molecule has 92 valence electrons. The minimum absolute atomic E-state index is 0.0787. The van der Waals surface area contributed by atoms with Gasteiger partial charge in [-0.25, -0.2) is 4.39 Å². The summed E-state index contributed by atoms with van der Waals surface area (Å²) >= 11 is 0. The highest BCUT2D eigenvalue weighted by molar-refractivity contribution is 5.41. The summed E-state index contributed by atoms with van der Waals surface area (Å²) in [7, 11) is 1.86. The molecule has 2 N–H and O–H groups in total. The summed E-state index contributed by atoms with van der Waals surface area (Å²) in [5, 5.41) is 17.4. The van der Waals surface area contributed by atoms with Crippen LogP contribution in [-0.2, 0) is 6.54 Å². The van der Waals surface area contributed by atoms with Gasteiger partial charge in [-0.1, -0.05) is 17.9 Å². The summed E-state index contributed by atoms with van der Waals surface area (Å²) in [5.74, 6) is 4.88. The molecule has 0 amide bonds. The largest absolute Gasteiger partial charge is 0.395 e. The molecule has 0 fully saturated rings. The number of likely N-dealkylation sites (N-methyl/N-ethyl adjacent to an activating group) is 1. The summed E-state index contributed by atoms with van der Waals surface area (Å²) < 4.78 is 13.1. The van der Waals surface area contributed by atoms with Crippen molar-refractivity contribution in [3.63, 3.8) is 0 Å². The van der Waals surface area contributed by atoms with Crippen LogP contribution in [0.4, 0.5) is 4.39 Å². The number of nitrogens with zero attached hydrogens (tertiary/aromatic N) is 1. The lowest BCUT2D eigenvalue weighted by atomic mass is 10.1. The van der Waals surface area contributed by atoms with Gasteiger partial charge in [0.1, 0.15) is 12.4 Å². The average Bonchev–Trinajstić information content (AvgIpc) is 2.30. The van der Waals surface area contributed by atoms with E-state index in [0.717, 1.165) is 5.56 Å². The Hall–Kier alpha value is -1.41. The summed E-state index contributed by atoms with van der Waals surface area (Å²) in [6.07, 6.45) is 0. The molecule has 0 heterocycles. The van der Waals surface area contributed by atoms with Crippen molar-refractivity contribution in [3.8, 4) is 11.8 Å². The van der Waals surface area contributed by atoms with Crippen LogP contribution < -0.4 is 0 Å². The predicted octanol–water partition coefficient (Wildman–Crippen LogP) is 0.594. The zero-order chi connectivity index (χ0) is 12.7. The molecule has 0 aromatic heterocycles. The second kappa shape index (κ2) is 7.02. The van der Waals surface area contributed by atoms with Crippen LogP contribution in [0.3, 0.4) is 0 Å². The molecule has 0 aliphatic heterocycles. The third kappa shape index (κ3) is 4.53. The molecule has 0 bridgehead atoms. The number of aliphatic hydroxyl groups excluding tert-OH is 2. The van der Waals surface area contributed by atoms with Crippen LogP contribution in [0.5, 0.6) is 0 Å². The molecule has 0 aliphatic carbocycles. The van der Waals surface area contributed by atoms with Crippen molar-refractivity contribution < 1.29 is 14.6 Å². The minimum atomic E-state index is -0.346. The lowest BCUT2D eigenvalue weighted by molar-refractivity contribution is 0.217. The molecule has 0 spiro atoms. The third-order valence-corrected chi connectivity index (χ3v) is 2.30. The average molecular weight is 237 g/mol. The van der Waals surface area contributed by atoms with Gasteiger partial charge in [-0.2, -0.15) is 0 Å². The summed E-state index contributed by atoms with van der Waals surface area (Å²) in [6, 6.07) is 4.40. The van der Waals surface area contributed by atoms with E-state index in [2.05, 4.69) is 11.8 Å². The van der Waals surface area contributed by atoms with E-state index in [4.69, 9.17) is 10.2 Å². The van der Waals surface area contributed by atoms with Crippen LogP contribution in [0.1, 0.15) is 11.1 Å². The Morgan fingerprint density at radius 3 is 2.76 bits per heavy atom. The maximum absolute atomic E-state index is 13.1. The highest BCUT2D eigenvalue weighted by atomic mass is 19.1. The van der Waals surface area contributed by atoms with Gasteiger partial charge < -0.3 is 10.2 Å². The normalized spacial score (nSPS) is 10.2. The first-order chi connectivity index (χ1) is 8.17. The second-order valence-corrected chi connectivity index (χ2v) is 3.72. The molecule has 3 nitrogen and oxygen atoms in total. The Morgan fingerprint density at radius 2 is 2.12 bits per heavy atom. The summed E-state index contributed by atoms with van der Waals surface area (Å²) in [4.78, 5) is 1.91. The van der Waals surface area contributed by atoms with E-state index in [1.54, 1.807) is 6.07 Å². The summed E-state index contributed by atoms with van der Waals surface area (Å²) in [6.45, 7) is 0.957. The van der Waals surface area contributed by atoms with Crippen molar-refractivity contribution in [1.82, 2.24) is 4.90 Å². The lowest BCUT2D eigenvalue weighted by Gasteiger charge is -2.16. The van der Waals surface area contributed by atoms with Crippen molar-refractivity contribution in [1.29, 1.82) is 0 Å². The Balaban J connectivity index is 2.89. The van der Waals surface area contributed by atoms with E-state index >= 15 is 0 Å². The number of aliphatic hydroxyl groups is 2. The Labute approximate surface area is 100 Å². The molecule has 0 saturated carbocycles. The maximum Gasteiger partial charge on any atom is 0.124 e. The zero-order valence-electron chi connectivity index (χ0n) is 9.78. The smallest absolute Gasteiger partial charge is 0.124 e. The van der Waals surface area contributed by atoms with Crippen LogP contribution in [-0.4, -0.2) is 41.9 Å². The molecule has 0 saturated heterocycles. The van der Waals surface area contributed by atoms with Crippen molar-refractivity contribution in [2.75, 3.05) is 26.8 Å². The van der Waals surface area contributed by atoms with Crippen LogP contribution >= 0.6 is 0 Å². The first-order valence-corrected chi connectivity index (χ1v) is 5.35. The van der Waals surface area contributed by atoms with Crippen molar-refractivity contribution in [3.05, 3.63) is 35.1 Å². The Bertz CT molecular complexity index is 423. The van der Waals surface area contributed by atoms with Crippen molar-refractivity contribution in [2.45, 2.75) is 6.54 Å². The first kappa shape index (κ1) is 13.7. The van der Waals surface area contributed by atoms with Crippen LogP contribution in [0.25, 0.3) is 0 Å². The standard InChI is InChI=1S/C13H16FNO2/c1-15(6-8-17)10-12-4-5-13(14)9-11(12)3-2-7-16/h4-5,9,16-17H,6-8,10H2,1H3. The molecule has 4 heteroatoms. The van der Waals surface area contributed by atoms with Gasteiger partial charge in [0.2, 0.25) is 0 Å². The van der Waals surface area contributed by atoms with Gasteiger partial charge in [0.15, 0.2) is 0 Å². The molecule has 0 aliphatic rings. The minimum Gasteiger partial charge on any atom is -0.395 e. The molecule has 1 rings (SSSR count). The van der Waals surface area contributed by atoms with E-state index < -0.39 is 0 Å². The lowest BCUT2D eigenvalue weighted by Crippen LogP contribution is -2.22. The monoisotopic (exact) mass is 237 g/mol.